The van der Waals surface area contributed by atoms with Gasteiger partial charge in [-0.05, 0) is 56.4 Å². The number of ketones is 1. The van der Waals surface area contributed by atoms with E-state index in [1.165, 1.54) is 0 Å². The summed E-state index contributed by atoms with van der Waals surface area (Å²) in [4.78, 5) is 30.5. The summed E-state index contributed by atoms with van der Waals surface area (Å²) in [5, 5.41) is 2.93. The van der Waals surface area contributed by atoms with Crippen molar-refractivity contribution in [3.8, 4) is 22.4 Å². The molecule has 3 aromatic rings. The van der Waals surface area contributed by atoms with Gasteiger partial charge < -0.3 is 14.8 Å². The maximum Gasteiger partial charge on any atom is 0.225 e. The van der Waals surface area contributed by atoms with Gasteiger partial charge in [-0.3, -0.25) is 9.59 Å². The highest BCUT2D eigenvalue weighted by Gasteiger charge is 2.34. The molecule has 1 saturated carbocycles. The Bertz CT molecular complexity index is 1110. The van der Waals surface area contributed by atoms with Crippen molar-refractivity contribution in [2.24, 2.45) is 5.92 Å². The van der Waals surface area contributed by atoms with Gasteiger partial charge >= 0.3 is 0 Å². The summed E-state index contributed by atoms with van der Waals surface area (Å²) in [6.45, 7) is 5.17. The van der Waals surface area contributed by atoms with Gasteiger partial charge in [0.25, 0.3) is 0 Å². The smallest absolute Gasteiger partial charge is 0.225 e. The number of aromatic nitrogens is 1. The molecule has 0 bridgehead atoms. The van der Waals surface area contributed by atoms with Crippen molar-refractivity contribution in [1.29, 1.82) is 0 Å². The Morgan fingerprint density at radius 1 is 0.811 bits per heavy atom. The van der Waals surface area contributed by atoms with Crippen LogP contribution in [0.5, 0.6) is 0 Å². The van der Waals surface area contributed by atoms with Crippen LogP contribution in [0.2, 0.25) is 0 Å². The van der Waals surface area contributed by atoms with Crippen molar-refractivity contribution in [3.05, 3.63) is 72.8 Å². The quantitative estimate of drug-likeness (QED) is 0.334. The van der Waals surface area contributed by atoms with E-state index < -0.39 is 0 Å². The van der Waals surface area contributed by atoms with Gasteiger partial charge in [-0.15, -0.1) is 0 Å². The fourth-order valence-corrected chi connectivity index (χ4v) is 4.98. The Morgan fingerprint density at radius 3 is 2.14 bits per heavy atom. The Hall–Kier alpha value is -3.35. The number of carbonyl (C=O) groups is 2. The van der Waals surface area contributed by atoms with E-state index in [1.807, 2.05) is 86.6 Å². The molecule has 0 saturated heterocycles. The Morgan fingerprint density at radius 2 is 1.46 bits per heavy atom. The van der Waals surface area contributed by atoms with Crippen LogP contribution in [0, 0.1) is 5.92 Å². The molecule has 3 unspecified atom stereocenters. The molecule has 6 nitrogen and oxygen atoms in total. The number of nitrogens with zero attached hydrogens (tertiary/aromatic N) is 1. The SMILES string of the molecule is CCOC1CCC(C(=O)CCC(=O)Nc2cc(-c3ccccc3)cc(-c3ccccc3)n2)CC1OCC. The van der Waals surface area contributed by atoms with E-state index in [4.69, 9.17) is 14.5 Å². The van der Waals surface area contributed by atoms with E-state index in [0.29, 0.717) is 25.5 Å². The number of rotatable bonds is 11. The highest BCUT2D eigenvalue weighted by Crippen LogP contribution is 2.31. The third-order valence-corrected chi connectivity index (χ3v) is 6.82. The van der Waals surface area contributed by atoms with E-state index in [9.17, 15) is 9.59 Å². The molecular weight excluding hydrogens is 464 g/mol. The molecule has 194 valence electrons. The van der Waals surface area contributed by atoms with Crippen LogP contribution in [-0.4, -0.2) is 42.1 Å². The van der Waals surface area contributed by atoms with Gasteiger partial charge in [0.1, 0.15) is 11.6 Å². The highest BCUT2D eigenvalue weighted by molar-refractivity contribution is 5.94. The summed E-state index contributed by atoms with van der Waals surface area (Å²) in [7, 11) is 0. The molecule has 1 aliphatic rings. The second kappa shape index (κ2) is 13.3. The van der Waals surface area contributed by atoms with Crippen molar-refractivity contribution in [2.45, 2.75) is 58.2 Å². The Balaban J connectivity index is 1.41. The van der Waals surface area contributed by atoms with Crippen LogP contribution in [0.1, 0.15) is 46.0 Å². The van der Waals surface area contributed by atoms with Crippen LogP contribution in [0.3, 0.4) is 0 Å². The minimum atomic E-state index is -0.213. The lowest BCUT2D eigenvalue weighted by Gasteiger charge is -2.35. The fourth-order valence-electron chi connectivity index (χ4n) is 4.98. The Labute approximate surface area is 219 Å². The summed E-state index contributed by atoms with van der Waals surface area (Å²) in [6, 6.07) is 23.8. The standard InChI is InChI=1S/C31H36N2O4/c1-3-36-28-17-15-24(20-29(28)37-4-2)27(34)16-18-31(35)33-30-21-25(22-11-7-5-8-12-22)19-26(32-30)23-13-9-6-10-14-23/h5-14,19,21,24,28-29H,3-4,15-18,20H2,1-2H3,(H,32,33,35). The van der Waals surface area contributed by atoms with Crippen LogP contribution >= 0.6 is 0 Å². The summed E-state index contributed by atoms with van der Waals surface area (Å²) in [5.74, 6) is 0.289. The van der Waals surface area contributed by atoms with E-state index >= 15 is 0 Å². The molecule has 1 amide bonds. The first-order chi connectivity index (χ1) is 18.1. The zero-order valence-electron chi connectivity index (χ0n) is 21.7. The van der Waals surface area contributed by atoms with Crippen LogP contribution in [0.25, 0.3) is 22.4 Å². The van der Waals surface area contributed by atoms with E-state index in [2.05, 4.69) is 5.32 Å². The van der Waals surface area contributed by atoms with Crippen molar-refractivity contribution in [2.75, 3.05) is 18.5 Å². The second-order valence-electron chi connectivity index (χ2n) is 9.37. The van der Waals surface area contributed by atoms with Gasteiger partial charge in [0.15, 0.2) is 0 Å². The highest BCUT2D eigenvalue weighted by atomic mass is 16.5. The summed E-state index contributed by atoms with van der Waals surface area (Å²) in [5.41, 5.74) is 3.76. The topological polar surface area (TPSA) is 77.5 Å². The molecule has 4 rings (SSSR count). The molecule has 1 aromatic heterocycles. The molecule has 1 N–H and O–H groups in total. The maximum atomic E-state index is 13.0. The van der Waals surface area contributed by atoms with Crippen molar-refractivity contribution in [3.63, 3.8) is 0 Å². The van der Waals surface area contributed by atoms with Gasteiger partial charge in [-0.1, -0.05) is 60.7 Å². The molecule has 0 aliphatic heterocycles. The van der Waals surface area contributed by atoms with E-state index in [0.717, 1.165) is 35.2 Å². The molecular formula is C31H36N2O4. The first-order valence-corrected chi connectivity index (χ1v) is 13.3. The number of Topliss-reactive ketones (excluding diaryl/α,β-unsaturated/α-hetero) is 1. The lowest BCUT2D eigenvalue weighted by Crippen LogP contribution is -2.40. The number of amides is 1. The molecule has 1 heterocycles. The normalized spacial score (nSPS) is 19.4. The van der Waals surface area contributed by atoms with Crippen LogP contribution in [0.4, 0.5) is 5.82 Å². The number of ether oxygens (including phenoxy) is 2. The monoisotopic (exact) mass is 500 g/mol. The van der Waals surface area contributed by atoms with Crippen LogP contribution in [-0.2, 0) is 19.1 Å². The first-order valence-electron chi connectivity index (χ1n) is 13.3. The zero-order chi connectivity index (χ0) is 26.0. The van der Waals surface area contributed by atoms with Gasteiger partial charge in [0, 0.05) is 37.5 Å². The number of benzene rings is 2. The van der Waals surface area contributed by atoms with Crippen molar-refractivity contribution >= 4 is 17.5 Å². The van der Waals surface area contributed by atoms with Gasteiger partial charge in [-0.25, -0.2) is 4.98 Å². The van der Waals surface area contributed by atoms with Crippen LogP contribution < -0.4 is 5.32 Å². The van der Waals surface area contributed by atoms with Crippen molar-refractivity contribution < 1.29 is 19.1 Å². The third-order valence-electron chi connectivity index (χ3n) is 6.82. The molecule has 0 radical (unpaired) electrons. The Kier molecular flexibility index (Phi) is 9.58. The fraction of sp³-hybridized carbons (Fsp3) is 0.387. The number of anilines is 1. The average Bonchev–Trinajstić information content (AvgIpc) is 2.93. The molecule has 1 aliphatic carbocycles. The maximum absolute atomic E-state index is 13.0. The predicted molar refractivity (Wildman–Crippen MR) is 146 cm³/mol. The summed E-state index contributed by atoms with van der Waals surface area (Å²) >= 11 is 0. The van der Waals surface area contributed by atoms with Gasteiger partial charge in [0.2, 0.25) is 5.91 Å². The minimum Gasteiger partial charge on any atom is -0.376 e. The number of hydrogen-bond donors (Lipinski definition) is 1. The van der Waals surface area contributed by atoms with Gasteiger partial charge in [-0.2, -0.15) is 0 Å². The predicted octanol–water partition coefficient (Wildman–Crippen LogP) is 6.31. The summed E-state index contributed by atoms with van der Waals surface area (Å²) in [6.07, 6.45) is 2.54. The minimum absolute atomic E-state index is 0.0408. The second-order valence-corrected chi connectivity index (χ2v) is 9.37. The molecule has 3 atom stereocenters. The number of carbonyl (C=O) groups excluding carboxylic acids is 2. The lowest BCUT2D eigenvalue weighted by atomic mass is 9.81. The lowest BCUT2D eigenvalue weighted by molar-refractivity contribution is -0.134. The average molecular weight is 501 g/mol. The van der Waals surface area contributed by atoms with Crippen molar-refractivity contribution in [1.82, 2.24) is 4.98 Å². The number of pyridine rings is 1. The van der Waals surface area contributed by atoms with E-state index in [1.54, 1.807) is 0 Å². The molecule has 6 heteroatoms. The number of nitrogens with one attached hydrogen (secondary N) is 1. The molecule has 2 aromatic carbocycles. The molecule has 37 heavy (non-hydrogen) atoms. The molecule has 0 spiro atoms. The van der Waals surface area contributed by atoms with Crippen LogP contribution in [0.15, 0.2) is 72.8 Å². The molecule has 1 fully saturated rings. The number of hydrogen-bond acceptors (Lipinski definition) is 5. The van der Waals surface area contributed by atoms with Gasteiger partial charge in [0.05, 0.1) is 17.9 Å². The summed E-state index contributed by atoms with van der Waals surface area (Å²) < 4.78 is 11.7. The zero-order valence-corrected chi connectivity index (χ0v) is 21.7. The van der Waals surface area contributed by atoms with E-state index in [-0.39, 0.29) is 42.7 Å². The first kappa shape index (κ1) is 26.7. The largest absolute Gasteiger partial charge is 0.376 e. The third kappa shape index (κ3) is 7.34.